The molecule has 6 heteroatoms. The molecule has 0 bridgehead atoms. The molecule has 4 N–H and O–H groups in total. The smallest absolute Gasteiger partial charge is 0.221 e. The zero-order chi connectivity index (χ0) is 16.8. The van der Waals surface area contributed by atoms with Crippen LogP contribution >= 0.6 is 0 Å². The minimum absolute atomic E-state index is 0.108. The fraction of sp³-hybridized carbons (Fsp3) is 0.588. The number of aliphatic hydroxyl groups excluding tert-OH is 3. The van der Waals surface area contributed by atoms with Crippen LogP contribution in [0.3, 0.4) is 0 Å². The molecule has 2 rings (SSSR count). The van der Waals surface area contributed by atoms with Gasteiger partial charge in [-0.05, 0) is 24.9 Å². The summed E-state index contributed by atoms with van der Waals surface area (Å²) in [6, 6.07) is 9.05. The van der Waals surface area contributed by atoms with E-state index in [0.29, 0.717) is 6.54 Å². The first kappa shape index (κ1) is 17.9. The number of amides is 1. The average molecular weight is 322 g/mol. The number of aliphatic hydroxyl groups is 3. The van der Waals surface area contributed by atoms with Crippen molar-refractivity contribution >= 4 is 5.91 Å². The third kappa shape index (κ3) is 4.29. The summed E-state index contributed by atoms with van der Waals surface area (Å²) in [5.74, 6) is -0.187. The molecule has 4 unspecified atom stereocenters. The fourth-order valence-electron chi connectivity index (χ4n) is 3.28. The molecule has 0 radical (unpaired) electrons. The van der Waals surface area contributed by atoms with E-state index >= 15 is 0 Å². The molecule has 1 saturated heterocycles. The number of likely N-dealkylation sites (tertiary alicyclic amines) is 1. The van der Waals surface area contributed by atoms with Crippen LogP contribution in [0, 0.1) is 0 Å². The highest BCUT2D eigenvalue weighted by molar-refractivity contribution is 5.76. The van der Waals surface area contributed by atoms with E-state index in [9.17, 15) is 20.1 Å². The Balaban J connectivity index is 2.00. The Morgan fingerprint density at radius 3 is 2.43 bits per heavy atom. The van der Waals surface area contributed by atoms with Crippen molar-refractivity contribution in [3.8, 4) is 0 Å². The molecule has 128 valence electrons. The third-order valence-electron chi connectivity index (χ3n) is 4.58. The van der Waals surface area contributed by atoms with Crippen LogP contribution in [0.25, 0.3) is 0 Å². The second-order valence-electron chi connectivity index (χ2n) is 6.00. The van der Waals surface area contributed by atoms with Crippen LogP contribution in [-0.4, -0.2) is 70.6 Å². The minimum atomic E-state index is -1.04. The van der Waals surface area contributed by atoms with Gasteiger partial charge in [0.05, 0.1) is 24.9 Å². The van der Waals surface area contributed by atoms with Crippen molar-refractivity contribution in [3.63, 3.8) is 0 Å². The maximum atomic E-state index is 11.7. The van der Waals surface area contributed by atoms with E-state index in [-0.39, 0.29) is 18.9 Å². The van der Waals surface area contributed by atoms with Crippen molar-refractivity contribution in [2.24, 2.45) is 0 Å². The molecule has 0 aliphatic carbocycles. The van der Waals surface area contributed by atoms with Crippen molar-refractivity contribution in [1.82, 2.24) is 10.2 Å². The SMILES string of the molecule is CNC(=O)CC1C(O)C(O)C(CO)N1CCCc1ccccc1. The van der Waals surface area contributed by atoms with Crippen LogP contribution < -0.4 is 5.32 Å². The molecule has 0 saturated carbocycles. The standard InChI is InChI=1S/C17H26N2O4/c1-18-15(21)10-13-16(22)17(23)14(11-20)19(13)9-5-8-12-6-3-2-4-7-12/h2-4,6-7,13-14,16-17,20,22-23H,5,8-11H2,1H3,(H,18,21). The first-order valence-electron chi connectivity index (χ1n) is 8.05. The highest BCUT2D eigenvalue weighted by Crippen LogP contribution is 2.27. The van der Waals surface area contributed by atoms with Crippen molar-refractivity contribution in [2.75, 3.05) is 20.2 Å². The van der Waals surface area contributed by atoms with Crippen LogP contribution in [-0.2, 0) is 11.2 Å². The molecule has 1 aromatic rings. The maximum absolute atomic E-state index is 11.7. The molecule has 0 spiro atoms. The molecule has 1 heterocycles. The Morgan fingerprint density at radius 2 is 1.83 bits per heavy atom. The first-order valence-corrected chi connectivity index (χ1v) is 8.05. The molecule has 0 aromatic heterocycles. The Hall–Kier alpha value is -1.47. The van der Waals surface area contributed by atoms with Crippen LogP contribution in [0.4, 0.5) is 0 Å². The molecular weight excluding hydrogens is 296 g/mol. The van der Waals surface area contributed by atoms with Crippen molar-refractivity contribution in [1.29, 1.82) is 0 Å². The second-order valence-corrected chi connectivity index (χ2v) is 6.00. The number of nitrogens with one attached hydrogen (secondary N) is 1. The highest BCUT2D eigenvalue weighted by atomic mass is 16.3. The lowest BCUT2D eigenvalue weighted by Gasteiger charge is -2.29. The average Bonchev–Trinajstić information content (AvgIpc) is 2.80. The number of nitrogens with zero attached hydrogens (tertiary/aromatic N) is 1. The van der Waals surface area contributed by atoms with E-state index in [0.717, 1.165) is 12.8 Å². The van der Waals surface area contributed by atoms with Gasteiger partial charge in [-0.25, -0.2) is 0 Å². The first-order chi connectivity index (χ1) is 11.1. The predicted octanol–water partition coefficient (Wildman–Crippen LogP) is -0.478. The predicted molar refractivity (Wildman–Crippen MR) is 86.8 cm³/mol. The van der Waals surface area contributed by atoms with Gasteiger partial charge < -0.3 is 20.6 Å². The number of rotatable bonds is 7. The van der Waals surface area contributed by atoms with Crippen molar-refractivity contribution < 1.29 is 20.1 Å². The fourth-order valence-corrected chi connectivity index (χ4v) is 3.28. The highest BCUT2D eigenvalue weighted by Gasteiger charge is 2.47. The van der Waals surface area contributed by atoms with Crippen LogP contribution in [0.2, 0.25) is 0 Å². The summed E-state index contributed by atoms with van der Waals surface area (Å²) in [5.41, 5.74) is 1.22. The van der Waals surface area contributed by atoms with Gasteiger partial charge in [0.1, 0.15) is 0 Å². The van der Waals surface area contributed by atoms with E-state index in [1.54, 1.807) is 7.05 Å². The number of carbonyl (C=O) groups is 1. The lowest BCUT2D eigenvalue weighted by Crippen LogP contribution is -2.44. The number of hydrogen-bond donors (Lipinski definition) is 4. The normalized spacial score (nSPS) is 28.0. The molecular formula is C17H26N2O4. The number of hydrogen-bond acceptors (Lipinski definition) is 5. The van der Waals surface area contributed by atoms with Crippen LogP contribution in [0.1, 0.15) is 18.4 Å². The maximum Gasteiger partial charge on any atom is 0.221 e. The molecule has 1 aliphatic heterocycles. The summed E-state index contributed by atoms with van der Waals surface area (Å²) in [6.07, 6.45) is -0.262. The minimum Gasteiger partial charge on any atom is -0.395 e. The summed E-state index contributed by atoms with van der Waals surface area (Å²) in [5, 5.41) is 32.4. The summed E-state index contributed by atoms with van der Waals surface area (Å²) in [7, 11) is 1.55. The number of carbonyl (C=O) groups excluding carboxylic acids is 1. The molecule has 23 heavy (non-hydrogen) atoms. The molecule has 1 fully saturated rings. The van der Waals surface area contributed by atoms with Crippen LogP contribution in [0.15, 0.2) is 30.3 Å². The molecule has 1 aromatic carbocycles. The monoisotopic (exact) mass is 322 g/mol. The zero-order valence-corrected chi connectivity index (χ0v) is 13.4. The van der Waals surface area contributed by atoms with E-state index in [4.69, 9.17) is 0 Å². The topological polar surface area (TPSA) is 93.0 Å². The van der Waals surface area contributed by atoms with E-state index in [2.05, 4.69) is 17.4 Å². The third-order valence-corrected chi connectivity index (χ3v) is 4.58. The number of benzene rings is 1. The quantitative estimate of drug-likeness (QED) is 0.544. The lowest BCUT2D eigenvalue weighted by molar-refractivity contribution is -0.122. The lowest BCUT2D eigenvalue weighted by atomic mass is 10.1. The largest absolute Gasteiger partial charge is 0.395 e. The van der Waals surface area contributed by atoms with Gasteiger partial charge in [0.2, 0.25) is 5.91 Å². The van der Waals surface area contributed by atoms with E-state index in [1.165, 1.54) is 5.56 Å². The van der Waals surface area contributed by atoms with Gasteiger partial charge in [-0.2, -0.15) is 0 Å². The second kappa shape index (κ2) is 8.40. The van der Waals surface area contributed by atoms with Gasteiger partial charge in [-0.15, -0.1) is 0 Å². The Morgan fingerprint density at radius 1 is 1.17 bits per heavy atom. The summed E-state index contributed by atoms with van der Waals surface area (Å²) < 4.78 is 0. The molecule has 1 amide bonds. The Bertz CT molecular complexity index is 497. The van der Waals surface area contributed by atoms with Crippen molar-refractivity contribution in [3.05, 3.63) is 35.9 Å². The Kier molecular flexibility index (Phi) is 6.53. The zero-order valence-electron chi connectivity index (χ0n) is 13.4. The summed E-state index contributed by atoms with van der Waals surface area (Å²) in [6.45, 7) is 0.365. The van der Waals surface area contributed by atoms with Gasteiger partial charge in [0.15, 0.2) is 0 Å². The Labute approximate surface area is 136 Å². The molecule has 1 aliphatic rings. The summed E-state index contributed by atoms with van der Waals surface area (Å²) >= 11 is 0. The van der Waals surface area contributed by atoms with E-state index < -0.39 is 24.3 Å². The van der Waals surface area contributed by atoms with Gasteiger partial charge in [-0.3, -0.25) is 9.69 Å². The molecule has 6 nitrogen and oxygen atoms in total. The molecule has 4 atom stereocenters. The van der Waals surface area contributed by atoms with Gasteiger partial charge in [-0.1, -0.05) is 30.3 Å². The van der Waals surface area contributed by atoms with Crippen LogP contribution in [0.5, 0.6) is 0 Å². The van der Waals surface area contributed by atoms with E-state index in [1.807, 2.05) is 23.1 Å². The summed E-state index contributed by atoms with van der Waals surface area (Å²) in [4.78, 5) is 13.5. The van der Waals surface area contributed by atoms with Gasteiger partial charge in [0, 0.05) is 19.5 Å². The van der Waals surface area contributed by atoms with Gasteiger partial charge >= 0.3 is 0 Å². The number of aryl methyl sites for hydroxylation is 1. The van der Waals surface area contributed by atoms with Crippen molar-refractivity contribution in [2.45, 2.75) is 43.6 Å². The van der Waals surface area contributed by atoms with Gasteiger partial charge in [0.25, 0.3) is 0 Å².